The number of aliphatic hydroxyl groups is 2. The molecular formula is C65H86F2N8O14S. The second-order valence-electron chi connectivity index (χ2n) is 24.5. The number of aryl methyl sites for hydroxylation is 1. The van der Waals surface area contributed by atoms with Gasteiger partial charge < -0.3 is 65.2 Å². The third-order valence-corrected chi connectivity index (χ3v) is 17.5. The average Bonchev–Trinajstić information content (AvgIpc) is 1.30. The van der Waals surface area contributed by atoms with Gasteiger partial charge in [0.05, 0.1) is 91.0 Å². The average molecular weight is 1270 g/mol. The van der Waals surface area contributed by atoms with Gasteiger partial charge in [-0.05, 0) is 103 Å². The van der Waals surface area contributed by atoms with Gasteiger partial charge in [-0.1, -0.05) is 94.4 Å². The van der Waals surface area contributed by atoms with Crippen molar-refractivity contribution in [2.45, 2.75) is 154 Å². The van der Waals surface area contributed by atoms with Gasteiger partial charge in [-0.15, -0.1) is 0 Å². The monoisotopic (exact) mass is 1270 g/mol. The third kappa shape index (κ3) is 22.6. The molecule has 4 heterocycles. The van der Waals surface area contributed by atoms with Crippen LogP contribution in [0.5, 0.6) is 0 Å². The topological polar surface area (TPSA) is 309 Å². The zero-order chi connectivity index (χ0) is 65.6. The van der Waals surface area contributed by atoms with Crippen molar-refractivity contribution in [3.8, 4) is 12.1 Å². The van der Waals surface area contributed by atoms with Crippen molar-refractivity contribution in [2.75, 3.05) is 63.2 Å². The molecule has 0 unspecified atom stereocenters. The smallest absolute Gasteiger partial charge is 0.407 e. The Kier molecular flexibility index (Phi) is 27.4. The van der Waals surface area contributed by atoms with E-state index in [9.17, 15) is 46.6 Å². The molecule has 0 bridgehead atoms. The standard InChI is InChI=1S/C32H41FN4O8S.C24H35N3O5.C9H10FNO/c1-21(38)35-26-17-23(10-11-25(26)33)46(41,42)37(20-32(2,3)13-7-14-34)18-28(39)27(16-22-8-5-4-6-9-22)36-31(40)45-29-19-44-30-24(29)12-15-43-30;1-24(2,10-6-11-25)16-26-14-20(28)19(13-17-7-4-3-5-8-17)27-23(29)32-21-15-31-22-18(21)9-12-30-22;1-6-3-4-8(10)9(5-6)11-7(2)12/h4-6,8-11,17,24,27-30,39H,7,12-13,15-16,18-20H2,1-3H3,(H,35,38)(H,36,40);3-5,7-8,18-22,26,28H,6,9-10,12-16H2,1-2H3,(H,27,29);3-5H,1-2H3,(H,11,12)/t24-,27-,28+,29-,30+;18-,19-,20+,21-,22+;/m00./s1. The summed E-state index contributed by atoms with van der Waals surface area (Å²) >= 11 is 0. The molecule has 4 aromatic rings. The molecule has 7 N–H and O–H groups in total. The summed E-state index contributed by atoms with van der Waals surface area (Å²) in [5.41, 5.74) is 1.88. The number of ether oxygens (including phenoxy) is 6. The quantitative estimate of drug-likeness (QED) is 0.0313. The van der Waals surface area contributed by atoms with Crippen LogP contribution in [-0.4, -0.2) is 149 Å². The minimum Gasteiger partial charge on any atom is -0.443 e. The molecule has 0 aromatic heterocycles. The lowest BCUT2D eigenvalue weighted by molar-refractivity contribution is -0.115. The van der Waals surface area contributed by atoms with E-state index in [-0.39, 0.29) is 77.8 Å². The Bertz CT molecular complexity index is 3190. The molecule has 25 heteroatoms. The van der Waals surface area contributed by atoms with E-state index in [1.165, 1.54) is 19.9 Å². The van der Waals surface area contributed by atoms with Crippen LogP contribution in [0.1, 0.15) is 96.8 Å². The van der Waals surface area contributed by atoms with E-state index in [0.29, 0.717) is 58.6 Å². The SMILES string of the molecule is CC(=O)Nc1cc(C)ccc1F.CC(=O)Nc1cc(S(=O)(=O)N(C[C@@H](O)[C@H](Cc2ccccc2)NC(=O)O[C@H]2CO[C@H]3OCC[C@H]32)CC(C)(C)CCC#N)ccc1F.CC(C)(CCC#N)CNC[C@@H](O)[C@H](Cc1ccccc1)NC(=O)O[C@H]1CO[C@H]2OCC[C@H]21. The number of carbonyl (C=O) groups is 4. The molecule has 4 aliphatic rings. The molecule has 4 fully saturated rings. The molecule has 8 rings (SSSR count). The summed E-state index contributed by atoms with van der Waals surface area (Å²) in [7, 11) is -4.39. The van der Waals surface area contributed by atoms with Crippen molar-refractivity contribution in [2.24, 2.45) is 22.7 Å². The number of fused-ring (bicyclic) bond motifs is 2. The third-order valence-electron chi connectivity index (χ3n) is 15.7. The van der Waals surface area contributed by atoms with Crippen molar-refractivity contribution in [3.05, 3.63) is 125 Å². The number of rotatable bonds is 26. The van der Waals surface area contributed by atoms with Crippen LogP contribution in [-0.2, 0) is 60.9 Å². The first kappa shape index (κ1) is 71.9. The summed E-state index contributed by atoms with van der Waals surface area (Å²) in [5, 5.41) is 54.0. The van der Waals surface area contributed by atoms with Crippen molar-refractivity contribution < 1.29 is 75.0 Å². The Morgan fingerprint density at radius 1 is 0.678 bits per heavy atom. The molecule has 90 heavy (non-hydrogen) atoms. The van der Waals surface area contributed by atoms with Crippen LogP contribution in [0, 0.1) is 63.9 Å². The lowest BCUT2D eigenvalue weighted by Crippen LogP contribution is -2.52. The summed E-state index contributed by atoms with van der Waals surface area (Å²) < 4.78 is 90.0. The van der Waals surface area contributed by atoms with Crippen LogP contribution in [0.2, 0.25) is 0 Å². The maximum atomic E-state index is 14.4. The zero-order valence-electron chi connectivity index (χ0n) is 52.1. The zero-order valence-corrected chi connectivity index (χ0v) is 52.9. The van der Waals surface area contributed by atoms with Crippen LogP contribution >= 0.6 is 0 Å². The van der Waals surface area contributed by atoms with Gasteiger partial charge in [-0.25, -0.2) is 26.8 Å². The minimum atomic E-state index is -4.39. The molecule has 0 spiro atoms. The van der Waals surface area contributed by atoms with Gasteiger partial charge in [0.25, 0.3) is 0 Å². The number of aliphatic hydroxyl groups excluding tert-OH is 2. The predicted molar refractivity (Wildman–Crippen MR) is 329 cm³/mol. The summed E-state index contributed by atoms with van der Waals surface area (Å²) in [6, 6.07) is 29.2. The first-order valence-corrected chi connectivity index (χ1v) is 31.6. The molecule has 490 valence electrons. The molecule has 4 amide bonds. The largest absolute Gasteiger partial charge is 0.443 e. The number of hydrogen-bond donors (Lipinski definition) is 7. The minimum absolute atomic E-state index is 0.0564. The molecule has 10 atom stereocenters. The number of nitrogens with zero attached hydrogens (tertiary/aromatic N) is 3. The van der Waals surface area contributed by atoms with E-state index in [1.54, 1.807) is 26.0 Å². The van der Waals surface area contributed by atoms with Gasteiger partial charge in [-0.3, -0.25) is 9.59 Å². The van der Waals surface area contributed by atoms with E-state index >= 15 is 0 Å². The fraction of sp³-hybridized carbons (Fsp3) is 0.538. The number of nitriles is 2. The van der Waals surface area contributed by atoms with Gasteiger partial charge in [0.2, 0.25) is 21.8 Å². The second kappa shape index (κ2) is 34.3. The molecule has 0 saturated carbocycles. The fourth-order valence-electron chi connectivity index (χ4n) is 10.8. The lowest BCUT2D eigenvalue weighted by atomic mass is 9.88. The number of hydrogen-bond acceptors (Lipinski definition) is 17. The molecule has 0 aliphatic carbocycles. The van der Waals surface area contributed by atoms with Crippen molar-refractivity contribution in [1.82, 2.24) is 20.3 Å². The number of benzene rings is 4. The number of alkyl carbamates (subject to hydrolysis) is 2. The number of sulfonamides is 1. The fourth-order valence-corrected chi connectivity index (χ4v) is 12.5. The van der Waals surface area contributed by atoms with E-state index in [1.807, 2.05) is 67.6 Å². The van der Waals surface area contributed by atoms with Crippen LogP contribution in [0.15, 0.2) is 102 Å². The van der Waals surface area contributed by atoms with Gasteiger partial charge in [0.1, 0.15) is 23.8 Å². The highest BCUT2D eigenvalue weighted by Gasteiger charge is 2.46. The molecule has 22 nitrogen and oxygen atoms in total. The van der Waals surface area contributed by atoms with Gasteiger partial charge >= 0.3 is 12.2 Å². The van der Waals surface area contributed by atoms with Gasteiger partial charge in [0.15, 0.2) is 12.6 Å². The summed E-state index contributed by atoms with van der Waals surface area (Å²) in [6.45, 7) is 14.2. The Balaban J connectivity index is 0.000000252. The molecule has 4 aromatic carbocycles. The highest BCUT2D eigenvalue weighted by atomic mass is 32.2. The maximum Gasteiger partial charge on any atom is 0.407 e. The normalized spacial score (nSPS) is 20.6. The summed E-state index contributed by atoms with van der Waals surface area (Å²) in [6.07, 6.45) is -1.22. The highest BCUT2D eigenvalue weighted by molar-refractivity contribution is 7.89. The number of halogens is 2. The van der Waals surface area contributed by atoms with Crippen molar-refractivity contribution >= 4 is 45.4 Å². The number of nitrogens with one attached hydrogen (secondary N) is 5. The molecule has 4 saturated heterocycles. The Morgan fingerprint density at radius 2 is 1.14 bits per heavy atom. The number of anilines is 2. The molecule has 4 aliphatic heterocycles. The molecule has 0 radical (unpaired) electrons. The Morgan fingerprint density at radius 3 is 1.63 bits per heavy atom. The van der Waals surface area contributed by atoms with E-state index in [4.69, 9.17) is 38.9 Å². The van der Waals surface area contributed by atoms with Crippen LogP contribution in [0.3, 0.4) is 0 Å². The van der Waals surface area contributed by atoms with E-state index < -0.39 is 88.4 Å². The first-order valence-electron chi connectivity index (χ1n) is 30.2. The van der Waals surface area contributed by atoms with Gasteiger partial charge in [-0.2, -0.15) is 14.8 Å². The van der Waals surface area contributed by atoms with E-state index in [0.717, 1.165) is 52.0 Å². The van der Waals surface area contributed by atoms with Crippen LogP contribution in [0.4, 0.5) is 29.7 Å². The number of amides is 4. The summed E-state index contributed by atoms with van der Waals surface area (Å²) in [4.78, 5) is 47.7. The van der Waals surface area contributed by atoms with Gasteiger partial charge in [0, 0.05) is 52.9 Å². The highest BCUT2D eigenvalue weighted by Crippen LogP contribution is 2.35. The van der Waals surface area contributed by atoms with Crippen LogP contribution < -0.4 is 26.6 Å². The van der Waals surface area contributed by atoms with Crippen molar-refractivity contribution in [3.63, 3.8) is 0 Å². The number of carbonyl (C=O) groups excluding carboxylic acids is 4. The lowest BCUT2D eigenvalue weighted by Gasteiger charge is -2.35. The second-order valence-corrected chi connectivity index (χ2v) is 26.5. The predicted octanol–water partition coefficient (Wildman–Crippen LogP) is 8.02. The summed E-state index contributed by atoms with van der Waals surface area (Å²) in [5.74, 6) is -2.10. The Hall–Kier alpha value is -7.17. The van der Waals surface area contributed by atoms with Crippen molar-refractivity contribution in [1.29, 1.82) is 10.5 Å². The Labute approximate surface area is 526 Å². The van der Waals surface area contributed by atoms with E-state index in [2.05, 4.69) is 52.6 Å². The first-order chi connectivity index (χ1) is 42.8. The maximum absolute atomic E-state index is 14.4. The van der Waals surface area contributed by atoms with Crippen LogP contribution in [0.25, 0.3) is 0 Å². The molecular weight excluding hydrogens is 1190 g/mol.